The second-order valence-electron chi connectivity index (χ2n) is 9.35. The van der Waals surface area contributed by atoms with Gasteiger partial charge in [-0.3, -0.25) is 19.3 Å². The van der Waals surface area contributed by atoms with Crippen LogP contribution in [0.25, 0.3) is 0 Å². The van der Waals surface area contributed by atoms with Gasteiger partial charge in [0.1, 0.15) is 0 Å². The summed E-state index contributed by atoms with van der Waals surface area (Å²) in [7, 11) is 0. The molecule has 1 aliphatic heterocycles. The second kappa shape index (κ2) is 8.19. The van der Waals surface area contributed by atoms with E-state index in [1.165, 1.54) is 4.90 Å². The monoisotopic (exact) mass is 436 g/mol. The van der Waals surface area contributed by atoms with Gasteiger partial charge in [0.25, 0.3) is 0 Å². The van der Waals surface area contributed by atoms with E-state index in [-0.39, 0.29) is 60.3 Å². The van der Waals surface area contributed by atoms with Crippen molar-refractivity contribution in [2.45, 2.75) is 32.6 Å². The van der Waals surface area contributed by atoms with E-state index in [0.29, 0.717) is 29.7 Å². The van der Waals surface area contributed by atoms with Crippen molar-refractivity contribution in [3.8, 4) is 0 Å². The van der Waals surface area contributed by atoms with Crippen molar-refractivity contribution in [1.82, 2.24) is 4.90 Å². The number of carbonyl (C=O) groups excluding carboxylic acids is 4. The average Bonchev–Trinajstić information content (AvgIpc) is 3.57. The zero-order chi connectivity index (χ0) is 22.4. The lowest BCUT2D eigenvalue weighted by Crippen LogP contribution is -2.40. The van der Waals surface area contributed by atoms with Crippen molar-refractivity contribution in [1.29, 1.82) is 0 Å². The number of amides is 3. The zero-order valence-corrected chi connectivity index (χ0v) is 18.2. The summed E-state index contributed by atoms with van der Waals surface area (Å²) in [6.45, 7) is 2.52. The number of nitrogens with one attached hydrogen (secondary N) is 1. The minimum atomic E-state index is -0.384. The van der Waals surface area contributed by atoms with Gasteiger partial charge in [0.2, 0.25) is 17.7 Å². The van der Waals surface area contributed by atoms with E-state index in [1.807, 2.05) is 6.92 Å². The number of carbonyl (C=O) groups is 4. The van der Waals surface area contributed by atoms with Gasteiger partial charge in [0, 0.05) is 18.7 Å². The largest absolute Gasteiger partial charge is 0.462 e. The molecule has 0 spiro atoms. The fraction of sp³-hybridized carbons (Fsp3) is 0.520. The van der Waals surface area contributed by atoms with E-state index < -0.39 is 0 Å². The number of allylic oxidation sites excluding steroid dienone is 2. The van der Waals surface area contributed by atoms with Crippen molar-refractivity contribution >= 4 is 29.4 Å². The average molecular weight is 437 g/mol. The van der Waals surface area contributed by atoms with Gasteiger partial charge in [-0.1, -0.05) is 25.5 Å². The number of hydrogen-bond acceptors (Lipinski definition) is 5. The van der Waals surface area contributed by atoms with Crippen LogP contribution in [0.1, 0.15) is 43.0 Å². The molecule has 32 heavy (non-hydrogen) atoms. The number of esters is 1. The molecule has 1 saturated heterocycles. The molecule has 2 bridgehead atoms. The van der Waals surface area contributed by atoms with Crippen LogP contribution in [0.5, 0.6) is 0 Å². The highest BCUT2D eigenvalue weighted by atomic mass is 16.5. The standard InChI is InChI=1S/C25H28N2O5/c1-2-3-12-32-25(31)14-4-6-15(7-5-14)26-20(28)10-11-27-23(29)21-16-8-9-17(19-13-18(16)19)22(21)24(27)30/h4-9,16-19,21-22H,2-3,10-13H2,1H3,(H,26,28)/t16-,17-,18-,19-,21+,22+/m0/s1. The van der Waals surface area contributed by atoms with E-state index in [4.69, 9.17) is 4.74 Å². The Labute approximate surface area is 187 Å². The highest BCUT2D eigenvalue weighted by Gasteiger charge is 2.66. The summed E-state index contributed by atoms with van der Waals surface area (Å²) in [6, 6.07) is 6.50. The minimum Gasteiger partial charge on any atom is -0.462 e. The number of anilines is 1. The van der Waals surface area contributed by atoms with Crippen molar-refractivity contribution < 1.29 is 23.9 Å². The first-order chi connectivity index (χ1) is 15.5. The summed E-state index contributed by atoms with van der Waals surface area (Å²) in [5, 5.41) is 2.77. The number of imide groups is 1. The summed E-state index contributed by atoms with van der Waals surface area (Å²) < 4.78 is 5.17. The van der Waals surface area contributed by atoms with Crippen LogP contribution in [0.2, 0.25) is 0 Å². The summed E-state index contributed by atoms with van der Waals surface area (Å²) in [5.74, 6) is 0.189. The molecule has 7 nitrogen and oxygen atoms in total. The first-order valence-corrected chi connectivity index (χ1v) is 11.6. The molecule has 1 heterocycles. The molecule has 168 valence electrons. The molecule has 0 unspecified atom stereocenters. The molecule has 4 aliphatic carbocycles. The Hall–Kier alpha value is -2.96. The van der Waals surface area contributed by atoms with Gasteiger partial charge in [0.15, 0.2) is 0 Å². The molecular formula is C25H28N2O5. The Balaban J connectivity index is 1.14. The number of nitrogens with zero attached hydrogens (tertiary/aromatic N) is 1. The van der Waals surface area contributed by atoms with Crippen LogP contribution in [0.15, 0.2) is 36.4 Å². The Morgan fingerprint density at radius 2 is 1.66 bits per heavy atom. The fourth-order valence-electron chi connectivity index (χ4n) is 5.76. The van der Waals surface area contributed by atoms with Crippen LogP contribution >= 0.6 is 0 Å². The van der Waals surface area contributed by atoms with E-state index in [0.717, 1.165) is 19.3 Å². The molecular weight excluding hydrogens is 408 g/mol. The van der Waals surface area contributed by atoms with Crippen LogP contribution in [0, 0.1) is 35.5 Å². The zero-order valence-electron chi connectivity index (χ0n) is 18.2. The number of hydrogen-bond donors (Lipinski definition) is 1. The summed E-state index contributed by atoms with van der Waals surface area (Å²) in [6.07, 6.45) is 7.24. The highest BCUT2D eigenvalue weighted by Crippen LogP contribution is 2.65. The first-order valence-electron chi connectivity index (χ1n) is 11.6. The number of ether oxygens (including phenoxy) is 1. The lowest BCUT2D eigenvalue weighted by molar-refractivity contribution is -0.140. The fourth-order valence-corrected chi connectivity index (χ4v) is 5.76. The number of rotatable bonds is 8. The third kappa shape index (κ3) is 3.53. The van der Waals surface area contributed by atoms with Gasteiger partial charge in [-0.25, -0.2) is 4.79 Å². The number of unbranched alkanes of at least 4 members (excludes halogenated alkanes) is 1. The molecule has 0 radical (unpaired) electrons. The predicted molar refractivity (Wildman–Crippen MR) is 116 cm³/mol. The van der Waals surface area contributed by atoms with Crippen LogP contribution < -0.4 is 5.32 Å². The van der Waals surface area contributed by atoms with Crippen LogP contribution in [0.3, 0.4) is 0 Å². The molecule has 5 aliphatic rings. The van der Waals surface area contributed by atoms with Gasteiger partial charge < -0.3 is 10.1 Å². The molecule has 3 fully saturated rings. The second-order valence-corrected chi connectivity index (χ2v) is 9.35. The normalized spacial score (nSPS) is 31.3. The van der Waals surface area contributed by atoms with E-state index in [1.54, 1.807) is 24.3 Å². The van der Waals surface area contributed by atoms with Gasteiger partial charge in [-0.05, 0) is 60.8 Å². The molecule has 0 aromatic heterocycles. The Morgan fingerprint density at radius 3 is 2.25 bits per heavy atom. The molecule has 1 N–H and O–H groups in total. The van der Waals surface area contributed by atoms with E-state index in [2.05, 4.69) is 17.5 Å². The third-order valence-electron chi connectivity index (χ3n) is 7.45. The Kier molecular flexibility index (Phi) is 5.35. The lowest BCUT2D eigenvalue weighted by Gasteiger charge is -2.37. The highest BCUT2D eigenvalue weighted by molar-refractivity contribution is 6.06. The quantitative estimate of drug-likeness (QED) is 0.293. The van der Waals surface area contributed by atoms with Crippen molar-refractivity contribution in [2.75, 3.05) is 18.5 Å². The first kappa shape index (κ1) is 20.9. The van der Waals surface area contributed by atoms with Crippen molar-refractivity contribution in [2.24, 2.45) is 35.5 Å². The Morgan fingerprint density at radius 1 is 1.03 bits per heavy atom. The summed E-state index contributed by atoms with van der Waals surface area (Å²) in [4.78, 5) is 51.6. The number of benzene rings is 1. The van der Waals surface area contributed by atoms with Crippen LogP contribution in [-0.4, -0.2) is 41.7 Å². The summed E-state index contributed by atoms with van der Waals surface area (Å²) in [5.41, 5.74) is 0.978. The van der Waals surface area contributed by atoms with Crippen LogP contribution in [-0.2, 0) is 19.1 Å². The molecule has 6 atom stereocenters. The molecule has 1 aromatic rings. The van der Waals surface area contributed by atoms with E-state index >= 15 is 0 Å². The molecule has 3 amide bonds. The maximum atomic E-state index is 13.0. The molecule has 7 heteroatoms. The van der Waals surface area contributed by atoms with Crippen LogP contribution in [0.4, 0.5) is 5.69 Å². The predicted octanol–water partition coefficient (Wildman–Crippen LogP) is 3.03. The van der Waals surface area contributed by atoms with Gasteiger partial charge >= 0.3 is 5.97 Å². The third-order valence-corrected chi connectivity index (χ3v) is 7.45. The molecule has 1 aromatic carbocycles. The molecule has 6 rings (SSSR count). The van der Waals surface area contributed by atoms with Gasteiger partial charge in [-0.15, -0.1) is 0 Å². The Bertz CT molecular complexity index is 949. The van der Waals surface area contributed by atoms with Crippen molar-refractivity contribution in [3.63, 3.8) is 0 Å². The maximum Gasteiger partial charge on any atom is 0.338 e. The summed E-state index contributed by atoms with van der Waals surface area (Å²) >= 11 is 0. The van der Waals surface area contributed by atoms with E-state index in [9.17, 15) is 19.2 Å². The van der Waals surface area contributed by atoms with Gasteiger partial charge in [0.05, 0.1) is 24.0 Å². The smallest absolute Gasteiger partial charge is 0.338 e. The minimum absolute atomic E-state index is 0.0490. The van der Waals surface area contributed by atoms with Gasteiger partial charge in [-0.2, -0.15) is 0 Å². The molecule has 2 saturated carbocycles. The SMILES string of the molecule is CCCCOC(=O)c1ccc(NC(=O)CCN2C(=O)[C@@H]3[C@H]4C=C[C@@H]([C@@H]5C[C@@H]45)[C@H]3C2=O)cc1. The lowest BCUT2D eigenvalue weighted by atomic mass is 9.63. The topological polar surface area (TPSA) is 92.8 Å². The van der Waals surface area contributed by atoms with Crippen molar-refractivity contribution in [3.05, 3.63) is 42.0 Å². The number of likely N-dealkylation sites (tertiary alicyclic amines) is 1. The maximum absolute atomic E-state index is 13.0.